The number of aromatic nitrogens is 1. The van der Waals surface area contributed by atoms with Gasteiger partial charge in [0.2, 0.25) is 0 Å². The van der Waals surface area contributed by atoms with E-state index in [9.17, 15) is 0 Å². The molecule has 24 heavy (non-hydrogen) atoms. The molecule has 0 saturated carbocycles. The summed E-state index contributed by atoms with van der Waals surface area (Å²) in [6, 6.07) is 12.5. The number of morpholine rings is 1. The van der Waals surface area contributed by atoms with E-state index in [-0.39, 0.29) is 6.04 Å². The Morgan fingerprint density at radius 3 is 2.54 bits per heavy atom. The second kappa shape index (κ2) is 8.13. The molecule has 1 atom stereocenters. The van der Waals surface area contributed by atoms with Crippen LogP contribution in [0.15, 0.2) is 42.6 Å². The van der Waals surface area contributed by atoms with Crippen molar-refractivity contribution < 1.29 is 9.47 Å². The maximum atomic E-state index is 5.38. The van der Waals surface area contributed by atoms with E-state index in [2.05, 4.69) is 46.4 Å². The van der Waals surface area contributed by atoms with E-state index in [0.29, 0.717) is 0 Å². The van der Waals surface area contributed by atoms with Gasteiger partial charge in [0.15, 0.2) is 0 Å². The number of pyridine rings is 1. The molecule has 1 aliphatic rings. The van der Waals surface area contributed by atoms with Gasteiger partial charge in [-0.1, -0.05) is 18.2 Å². The first kappa shape index (κ1) is 16.7. The Bertz CT molecular complexity index is 622. The molecule has 0 bridgehead atoms. The zero-order valence-electron chi connectivity index (χ0n) is 14.4. The molecule has 1 aromatic carbocycles. The highest BCUT2D eigenvalue weighted by Gasteiger charge is 2.11. The number of anilines is 1. The van der Waals surface area contributed by atoms with Gasteiger partial charge in [0.05, 0.1) is 20.3 Å². The van der Waals surface area contributed by atoms with Gasteiger partial charge in [-0.05, 0) is 36.2 Å². The van der Waals surface area contributed by atoms with E-state index in [1.807, 2.05) is 18.3 Å². The van der Waals surface area contributed by atoms with Gasteiger partial charge < -0.3 is 14.8 Å². The predicted octanol–water partition coefficient (Wildman–Crippen LogP) is 3.10. The molecule has 0 radical (unpaired) electrons. The molecule has 2 aromatic rings. The number of nitrogens with zero attached hydrogens (tertiary/aromatic N) is 2. The lowest BCUT2D eigenvalue weighted by Gasteiger charge is -2.26. The van der Waals surface area contributed by atoms with Gasteiger partial charge in [-0.2, -0.15) is 0 Å². The standard InChI is InChI=1S/C19H25N3O2/c1-15(17-4-6-18(23-2)7-5-17)21-19-8-3-16(13-20-19)14-22-9-11-24-12-10-22/h3-8,13,15H,9-12,14H2,1-2H3,(H,20,21)/t15-/m1/s1. The molecule has 5 heteroatoms. The average molecular weight is 327 g/mol. The van der Waals surface area contributed by atoms with Crippen LogP contribution in [0.4, 0.5) is 5.82 Å². The summed E-state index contributed by atoms with van der Waals surface area (Å²) >= 11 is 0. The van der Waals surface area contributed by atoms with Crippen LogP contribution in [0.25, 0.3) is 0 Å². The van der Waals surface area contributed by atoms with E-state index in [4.69, 9.17) is 9.47 Å². The minimum absolute atomic E-state index is 0.188. The van der Waals surface area contributed by atoms with Crippen LogP contribution in [0.5, 0.6) is 5.75 Å². The summed E-state index contributed by atoms with van der Waals surface area (Å²) in [5.41, 5.74) is 2.44. The molecule has 0 aliphatic carbocycles. The molecule has 1 fully saturated rings. The lowest BCUT2D eigenvalue weighted by atomic mass is 10.1. The summed E-state index contributed by atoms with van der Waals surface area (Å²) in [5.74, 6) is 1.76. The second-order valence-electron chi connectivity index (χ2n) is 6.08. The first-order chi connectivity index (χ1) is 11.7. The Kier molecular flexibility index (Phi) is 5.67. The fraction of sp³-hybridized carbons (Fsp3) is 0.421. The van der Waals surface area contributed by atoms with E-state index < -0.39 is 0 Å². The molecular weight excluding hydrogens is 302 g/mol. The van der Waals surface area contributed by atoms with Gasteiger partial charge >= 0.3 is 0 Å². The third kappa shape index (κ3) is 4.46. The quantitative estimate of drug-likeness (QED) is 0.883. The van der Waals surface area contributed by atoms with Crippen LogP contribution >= 0.6 is 0 Å². The fourth-order valence-corrected chi connectivity index (χ4v) is 2.82. The summed E-state index contributed by atoms with van der Waals surface area (Å²) in [6.45, 7) is 6.71. The van der Waals surface area contributed by atoms with E-state index >= 15 is 0 Å². The number of nitrogens with one attached hydrogen (secondary N) is 1. The highest BCUT2D eigenvalue weighted by Crippen LogP contribution is 2.21. The molecule has 1 saturated heterocycles. The third-order valence-electron chi connectivity index (χ3n) is 4.31. The first-order valence-corrected chi connectivity index (χ1v) is 8.40. The van der Waals surface area contributed by atoms with E-state index in [1.165, 1.54) is 11.1 Å². The number of hydrogen-bond acceptors (Lipinski definition) is 5. The highest BCUT2D eigenvalue weighted by atomic mass is 16.5. The molecule has 1 aromatic heterocycles. The smallest absolute Gasteiger partial charge is 0.126 e. The van der Waals surface area contributed by atoms with Crippen LogP contribution in [-0.4, -0.2) is 43.3 Å². The monoisotopic (exact) mass is 327 g/mol. The zero-order chi connectivity index (χ0) is 16.8. The summed E-state index contributed by atoms with van der Waals surface area (Å²) < 4.78 is 10.6. The Morgan fingerprint density at radius 2 is 1.92 bits per heavy atom. The van der Waals surface area contributed by atoms with Crippen molar-refractivity contribution >= 4 is 5.82 Å². The summed E-state index contributed by atoms with van der Waals surface area (Å²) in [7, 11) is 1.68. The van der Waals surface area contributed by atoms with Gasteiger partial charge in [-0.15, -0.1) is 0 Å². The Hall–Kier alpha value is -2.11. The van der Waals surface area contributed by atoms with E-state index in [1.54, 1.807) is 7.11 Å². The van der Waals surface area contributed by atoms with Crippen molar-refractivity contribution in [3.05, 3.63) is 53.7 Å². The summed E-state index contributed by atoms with van der Waals surface area (Å²) in [4.78, 5) is 6.95. The number of methoxy groups -OCH3 is 1. The van der Waals surface area contributed by atoms with Gasteiger partial charge in [-0.3, -0.25) is 4.90 Å². The second-order valence-corrected chi connectivity index (χ2v) is 6.08. The fourth-order valence-electron chi connectivity index (χ4n) is 2.82. The van der Waals surface area contributed by atoms with Gasteiger partial charge in [0.25, 0.3) is 0 Å². The molecule has 5 nitrogen and oxygen atoms in total. The van der Waals surface area contributed by atoms with Crippen molar-refractivity contribution in [3.8, 4) is 5.75 Å². The van der Waals surface area contributed by atoms with Gasteiger partial charge in [-0.25, -0.2) is 4.98 Å². The third-order valence-corrected chi connectivity index (χ3v) is 4.31. The van der Waals surface area contributed by atoms with Crippen molar-refractivity contribution in [2.45, 2.75) is 19.5 Å². The first-order valence-electron chi connectivity index (χ1n) is 8.40. The molecule has 2 heterocycles. The molecule has 0 unspecified atom stereocenters. The molecule has 128 valence electrons. The van der Waals surface area contributed by atoms with Crippen molar-refractivity contribution in [3.63, 3.8) is 0 Å². The van der Waals surface area contributed by atoms with Gasteiger partial charge in [0.1, 0.15) is 11.6 Å². The number of hydrogen-bond donors (Lipinski definition) is 1. The minimum Gasteiger partial charge on any atom is -0.497 e. The molecule has 0 amide bonds. The van der Waals surface area contributed by atoms with Crippen LogP contribution < -0.4 is 10.1 Å². The molecule has 1 N–H and O–H groups in total. The number of benzene rings is 1. The predicted molar refractivity (Wildman–Crippen MR) is 95.4 cm³/mol. The maximum absolute atomic E-state index is 5.38. The van der Waals surface area contributed by atoms with Crippen molar-refractivity contribution in [2.75, 3.05) is 38.7 Å². The largest absolute Gasteiger partial charge is 0.497 e. The molecule has 0 spiro atoms. The Morgan fingerprint density at radius 1 is 1.17 bits per heavy atom. The lowest BCUT2D eigenvalue weighted by Crippen LogP contribution is -2.35. The molecular formula is C19H25N3O2. The SMILES string of the molecule is COc1ccc([C@@H](C)Nc2ccc(CN3CCOCC3)cn2)cc1. The summed E-state index contributed by atoms with van der Waals surface area (Å²) in [6.07, 6.45) is 1.96. The van der Waals surface area contributed by atoms with Gasteiger partial charge in [0, 0.05) is 31.9 Å². The molecule has 1 aliphatic heterocycles. The van der Waals surface area contributed by atoms with Crippen LogP contribution in [0.2, 0.25) is 0 Å². The van der Waals surface area contributed by atoms with Crippen LogP contribution in [0.1, 0.15) is 24.1 Å². The van der Waals surface area contributed by atoms with E-state index in [0.717, 1.165) is 44.4 Å². The minimum atomic E-state index is 0.188. The zero-order valence-corrected chi connectivity index (χ0v) is 14.4. The highest BCUT2D eigenvalue weighted by molar-refractivity contribution is 5.40. The van der Waals surface area contributed by atoms with Crippen LogP contribution in [0.3, 0.4) is 0 Å². The topological polar surface area (TPSA) is 46.6 Å². The number of rotatable bonds is 6. The van der Waals surface area contributed by atoms with Crippen LogP contribution in [-0.2, 0) is 11.3 Å². The Labute approximate surface area is 143 Å². The molecule has 3 rings (SSSR count). The average Bonchev–Trinajstić information content (AvgIpc) is 2.64. The van der Waals surface area contributed by atoms with Crippen molar-refractivity contribution in [1.82, 2.24) is 9.88 Å². The lowest BCUT2D eigenvalue weighted by molar-refractivity contribution is 0.0341. The van der Waals surface area contributed by atoms with Crippen molar-refractivity contribution in [1.29, 1.82) is 0 Å². The summed E-state index contributed by atoms with van der Waals surface area (Å²) in [5, 5.41) is 3.44. The maximum Gasteiger partial charge on any atom is 0.126 e. The normalized spacial score (nSPS) is 16.6. The van der Waals surface area contributed by atoms with Crippen LogP contribution in [0, 0.1) is 0 Å². The Balaban J connectivity index is 1.56. The van der Waals surface area contributed by atoms with Crippen molar-refractivity contribution in [2.24, 2.45) is 0 Å². The number of ether oxygens (including phenoxy) is 2.